The van der Waals surface area contributed by atoms with Crippen LogP contribution >= 0.6 is 0 Å². The van der Waals surface area contributed by atoms with Crippen LogP contribution in [0.15, 0.2) is 30.3 Å². The number of nitrogens with zero attached hydrogens (tertiary/aromatic N) is 1. The van der Waals surface area contributed by atoms with Gasteiger partial charge in [0.1, 0.15) is 12.3 Å². The van der Waals surface area contributed by atoms with E-state index in [1.165, 1.54) is 4.90 Å². The first-order valence-corrected chi connectivity index (χ1v) is 5.31. The maximum atomic E-state index is 13.1. The van der Waals surface area contributed by atoms with Crippen molar-refractivity contribution in [3.05, 3.63) is 35.9 Å². The van der Waals surface area contributed by atoms with Gasteiger partial charge in [0.15, 0.2) is 0 Å². The van der Waals surface area contributed by atoms with E-state index in [0.29, 0.717) is 5.56 Å². The molecule has 0 aromatic heterocycles. The number of rotatable bonds is 1. The Morgan fingerprint density at radius 2 is 1.88 bits per heavy atom. The van der Waals surface area contributed by atoms with Crippen molar-refractivity contribution in [2.75, 3.05) is 13.1 Å². The number of benzene rings is 1. The minimum Gasteiger partial charge on any atom is -0.336 e. The molecule has 2 nitrogen and oxygen atoms in total. The van der Waals surface area contributed by atoms with Gasteiger partial charge in [-0.15, -0.1) is 0 Å². The molecule has 2 rings (SSSR count). The molecule has 1 aliphatic rings. The first-order valence-electron chi connectivity index (χ1n) is 5.31. The maximum Gasteiger partial charge on any atom is 0.253 e. The van der Waals surface area contributed by atoms with E-state index in [4.69, 9.17) is 0 Å². The fourth-order valence-corrected chi connectivity index (χ4v) is 1.82. The van der Waals surface area contributed by atoms with Crippen molar-refractivity contribution in [2.45, 2.75) is 18.8 Å². The van der Waals surface area contributed by atoms with Crippen molar-refractivity contribution in [3.63, 3.8) is 0 Å². The molecule has 1 aliphatic heterocycles. The van der Waals surface area contributed by atoms with Crippen LogP contribution in [-0.2, 0) is 0 Å². The largest absolute Gasteiger partial charge is 0.336 e. The van der Waals surface area contributed by atoms with Crippen molar-refractivity contribution < 1.29 is 13.6 Å². The second-order valence-corrected chi connectivity index (χ2v) is 3.94. The van der Waals surface area contributed by atoms with Gasteiger partial charge in [0.25, 0.3) is 5.91 Å². The topological polar surface area (TPSA) is 20.3 Å². The molecule has 0 bridgehead atoms. The summed E-state index contributed by atoms with van der Waals surface area (Å²) in [5, 5.41) is 0. The minimum absolute atomic E-state index is 0.0831. The van der Waals surface area contributed by atoms with Crippen molar-refractivity contribution in [2.24, 2.45) is 0 Å². The lowest BCUT2D eigenvalue weighted by atomic mass is 10.1. The number of hydrogen-bond donors (Lipinski definition) is 0. The van der Waals surface area contributed by atoms with Crippen molar-refractivity contribution in [3.8, 4) is 0 Å². The fourth-order valence-electron chi connectivity index (χ4n) is 1.82. The summed E-state index contributed by atoms with van der Waals surface area (Å²) < 4.78 is 26.0. The molecule has 86 valence electrons. The molecule has 1 heterocycles. The van der Waals surface area contributed by atoms with E-state index in [2.05, 4.69) is 0 Å². The summed E-state index contributed by atoms with van der Waals surface area (Å²) in [6, 6.07) is 8.67. The third-order valence-corrected chi connectivity index (χ3v) is 2.77. The summed E-state index contributed by atoms with van der Waals surface area (Å²) in [7, 11) is 0. The minimum atomic E-state index is -1.55. The normalized spacial score (nSPS) is 25.5. The smallest absolute Gasteiger partial charge is 0.253 e. The van der Waals surface area contributed by atoms with E-state index >= 15 is 0 Å². The van der Waals surface area contributed by atoms with Crippen LogP contribution in [-0.4, -0.2) is 36.2 Å². The fraction of sp³-hybridized carbons (Fsp3) is 0.417. The van der Waals surface area contributed by atoms with E-state index in [-0.39, 0.29) is 25.4 Å². The lowest BCUT2D eigenvalue weighted by molar-refractivity contribution is 0.0425. The SMILES string of the molecule is O=C(c1ccccc1)N1CC[C@H](F)[C@@H](F)C1. The lowest BCUT2D eigenvalue weighted by Gasteiger charge is -2.31. The Morgan fingerprint density at radius 1 is 1.19 bits per heavy atom. The van der Waals surface area contributed by atoms with Crippen LogP contribution in [0.3, 0.4) is 0 Å². The van der Waals surface area contributed by atoms with Crippen molar-refractivity contribution in [1.29, 1.82) is 0 Å². The average Bonchev–Trinajstić information content (AvgIpc) is 2.33. The quantitative estimate of drug-likeness (QED) is 0.717. The molecule has 4 heteroatoms. The van der Waals surface area contributed by atoms with Gasteiger partial charge in [-0.25, -0.2) is 8.78 Å². The van der Waals surface area contributed by atoms with E-state index < -0.39 is 12.3 Å². The van der Waals surface area contributed by atoms with Gasteiger partial charge < -0.3 is 4.90 Å². The number of halogens is 2. The van der Waals surface area contributed by atoms with Crippen LogP contribution in [0.2, 0.25) is 0 Å². The van der Waals surface area contributed by atoms with Crippen LogP contribution in [0.4, 0.5) is 8.78 Å². The second kappa shape index (κ2) is 4.60. The van der Waals surface area contributed by atoms with E-state index in [1.54, 1.807) is 24.3 Å². The molecular weight excluding hydrogens is 212 g/mol. The highest BCUT2D eigenvalue weighted by Crippen LogP contribution is 2.18. The monoisotopic (exact) mass is 225 g/mol. The maximum absolute atomic E-state index is 13.1. The molecule has 0 spiro atoms. The second-order valence-electron chi connectivity index (χ2n) is 3.94. The third-order valence-electron chi connectivity index (χ3n) is 2.77. The number of hydrogen-bond acceptors (Lipinski definition) is 1. The molecule has 16 heavy (non-hydrogen) atoms. The molecule has 0 N–H and O–H groups in total. The van der Waals surface area contributed by atoms with Crippen LogP contribution < -0.4 is 0 Å². The summed E-state index contributed by atoms with van der Waals surface area (Å²) in [4.78, 5) is 13.3. The van der Waals surface area contributed by atoms with Gasteiger partial charge in [-0.1, -0.05) is 18.2 Å². The Labute approximate surface area is 92.9 Å². The predicted octanol–water partition coefficient (Wildman–Crippen LogP) is 2.21. The van der Waals surface area contributed by atoms with Gasteiger partial charge in [0, 0.05) is 12.1 Å². The summed E-state index contributed by atoms with van der Waals surface area (Å²) in [5.41, 5.74) is 0.520. The Kier molecular flexibility index (Phi) is 3.17. The molecule has 1 amide bonds. The van der Waals surface area contributed by atoms with E-state index in [0.717, 1.165) is 0 Å². The summed E-state index contributed by atoms with van der Waals surface area (Å²) in [6.07, 6.45) is -2.90. The zero-order chi connectivity index (χ0) is 11.5. The molecule has 1 fully saturated rings. The Hall–Kier alpha value is -1.45. The average molecular weight is 225 g/mol. The number of carbonyl (C=O) groups excluding carboxylic acids is 1. The Balaban J connectivity index is 2.06. The van der Waals surface area contributed by atoms with Gasteiger partial charge in [-0.05, 0) is 18.6 Å². The summed E-state index contributed by atoms with van der Waals surface area (Å²) >= 11 is 0. The molecule has 0 aliphatic carbocycles. The number of amides is 1. The van der Waals surface area contributed by atoms with Crippen molar-refractivity contribution in [1.82, 2.24) is 4.90 Å². The van der Waals surface area contributed by atoms with Crippen molar-refractivity contribution >= 4 is 5.91 Å². The summed E-state index contributed by atoms with van der Waals surface area (Å²) in [6.45, 7) is 0.143. The number of carbonyl (C=O) groups is 1. The number of alkyl halides is 2. The highest BCUT2D eigenvalue weighted by Gasteiger charge is 2.31. The van der Waals surface area contributed by atoms with Gasteiger partial charge >= 0.3 is 0 Å². The predicted molar refractivity (Wildman–Crippen MR) is 56.8 cm³/mol. The highest BCUT2D eigenvalue weighted by molar-refractivity contribution is 5.94. The van der Waals surface area contributed by atoms with E-state index in [9.17, 15) is 13.6 Å². The number of likely N-dealkylation sites (tertiary alicyclic amines) is 1. The highest BCUT2D eigenvalue weighted by atomic mass is 19.2. The molecule has 1 aromatic rings. The van der Waals surface area contributed by atoms with E-state index in [1.807, 2.05) is 6.07 Å². The lowest BCUT2D eigenvalue weighted by Crippen LogP contribution is -2.45. The van der Waals surface area contributed by atoms with Gasteiger partial charge in [-0.2, -0.15) is 0 Å². The van der Waals surface area contributed by atoms with Gasteiger partial charge in [0.2, 0.25) is 0 Å². The van der Waals surface area contributed by atoms with Crippen LogP contribution in [0.5, 0.6) is 0 Å². The first kappa shape index (κ1) is 11.0. The van der Waals surface area contributed by atoms with Crippen LogP contribution in [0.1, 0.15) is 16.8 Å². The van der Waals surface area contributed by atoms with Crippen LogP contribution in [0, 0.1) is 0 Å². The zero-order valence-electron chi connectivity index (χ0n) is 8.77. The Morgan fingerprint density at radius 3 is 2.50 bits per heavy atom. The Bertz CT molecular complexity index is 369. The zero-order valence-corrected chi connectivity index (χ0v) is 8.77. The molecule has 1 saturated heterocycles. The molecule has 0 saturated carbocycles. The molecule has 1 aromatic carbocycles. The summed E-state index contributed by atoms with van der Waals surface area (Å²) in [5.74, 6) is -0.227. The van der Waals surface area contributed by atoms with Crippen LogP contribution in [0.25, 0.3) is 0 Å². The molecule has 0 unspecified atom stereocenters. The third kappa shape index (κ3) is 2.21. The number of piperidine rings is 1. The van der Waals surface area contributed by atoms with Gasteiger partial charge in [0.05, 0.1) is 6.54 Å². The molecular formula is C12H13F2NO. The standard InChI is InChI=1S/C12H13F2NO/c13-10-6-7-15(8-11(10)14)12(16)9-4-2-1-3-5-9/h1-5,10-11H,6-8H2/t10-,11-/m0/s1. The van der Waals surface area contributed by atoms with Gasteiger partial charge in [-0.3, -0.25) is 4.79 Å². The first-order chi connectivity index (χ1) is 7.68. The molecule has 2 atom stereocenters. The molecule has 0 radical (unpaired) electrons.